The maximum Gasteiger partial charge on any atom is 0.193 e. The van der Waals surface area contributed by atoms with Gasteiger partial charge in [0.15, 0.2) is 5.96 Å². The molecular weight excluding hydrogens is 469 g/mol. The van der Waals surface area contributed by atoms with Crippen LogP contribution in [0.4, 0.5) is 0 Å². The van der Waals surface area contributed by atoms with E-state index in [0.29, 0.717) is 11.8 Å². The first kappa shape index (κ1) is 22.8. The van der Waals surface area contributed by atoms with Gasteiger partial charge in [-0.1, -0.05) is 37.3 Å². The lowest BCUT2D eigenvalue weighted by molar-refractivity contribution is 0.0780. The predicted octanol–water partition coefficient (Wildman–Crippen LogP) is 4.22. The van der Waals surface area contributed by atoms with Gasteiger partial charge in [-0.3, -0.25) is 4.99 Å². The summed E-state index contributed by atoms with van der Waals surface area (Å²) in [6.07, 6.45) is 5.64. The lowest BCUT2D eigenvalue weighted by atomic mass is 9.82. The Bertz CT molecular complexity index is 592. The number of hydrogen-bond donors (Lipinski definition) is 1. The van der Waals surface area contributed by atoms with Crippen LogP contribution in [0.25, 0.3) is 0 Å². The van der Waals surface area contributed by atoms with Gasteiger partial charge in [-0.25, -0.2) is 0 Å². The standard InChI is InChI=1S/C21H33N3OS.HI/c1-17-15-24(12-9-19(17)18-7-5-4-6-8-18)20(22-2)23-16-21(26-3)10-13-25-14-11-21;/h4-8,17,19H,9-16H2,1-3H3,(H,22,23);1H. The molecule has 0 bridgehead atoms. The summed E-state index contributed by atoms with van der Waals surface area (Å²) in [4.78, 5) is 7.03. The van der Waals surface area contributed by atoms with E-state index in [0.717, 1.165) is 51.6 Å². The van der Waals surface area contributed by atoms with Crippen LogP contribution in [-0.4, -0.2) is 61.8 Å². The van der Waals surface area contributed by atoms with Gasteiger partial charge in [-0.2, -0.15) is 11.8 Å². The van der Waals surface area contributed by atoms with Crippen LogP contribution >= 0.6 is 35.7 Å². The minimum Gasteiger partial charge on any atom is -0.381 e. The molecule has 1 N–H and O–H groups in total. The molecule has 2 heterocycles. The molecule has 2 aliphatic rings. The van der Waals surface area contributed by atoms with Gasteiger partial charge in [0.25, 0.3) is 0 Å². The van der Waals surface area contributed by atoms with Crippen LogP contribution in [0, 0.1) is 5.92 Å². The molecule has 0 amide bonds. The predicted molar refractivity (Wildman–Crippen MR) is 128 cm³/mol. The van der Waals surface area contributed by atoms with Crippen molar-refractivity contribution < 1.29 is 4.74 Å². The van der Waals surface area contributed by atoms with Crippen LogP contribution < -0.4 is 5.32 Å². The van der Waals surface area contributed by atoms with E-state index in [9.17, 15) is 0 Å². The number of halogens is 1. The number of hydrogen-bond acceptors (Lipinski definition) is 3. The Morgan fingerprint density at radius 2 is 2.00 bits per heavy atom. The van der Waals surface area contributed by atoms with E-state index in [1.54, 1.807) is 0 Å². The molecule has 1 aromatic carbocycles. The zero-order valence-corrected chi connectivity index (χ0v) is 20.0. The summed E-state index contributed by atoms with van der Waals surface area (Å²) in [7, 11) is 1.91. The van der Waals surface area contributed by atoms with Gasteiger partial charge in [-0.15, -0.1) is 24.0 Å². The molecule has 0 spiro atoms. The molecule has 0 aliphatic carbocycles. The molecule has 2 unspecified atom stereocenters. The summed E-state index contributed by atoms with van der Waals surface area (Å²) in [6.45, 7) is 7.23. The molecule has 27 heavy (non-hydrogen) atoms. The van der Waals surface area contributed by atoms with Crippen LogP contribution in [0.15, 0.2) is 35.3 Å². The van der Waals surface area contributed by atoms with Gasteiger partial charge in [0.1, 0.15) is 0 Å². The normalized spacial score (nSPS) is 25.6. The first-order valence-corrected chi connectivity index (χ1v) is 11.0. The highest BCUT2D eigenvalue weighted by atomic mass is 127. The monoisotopic (exact) mass is 503 g/mol. The molecule has 152 valence electrons. The largest absolute Gasteiger partial charge is 0.381 e. The second-order valence-electron chi connectivity index (χ2n) is 7.63. The van der Waals surface area contributed by atoms with Crippen molar-refractivity contribution in [2.45, 2.75) is 36.9 Å². The molecule has 2 aliphatic heterocycles. The summed E-state index contributed by atoms with van der Waals surface area (Å²) in [6, 6.07) is 11.0. The van der Waals surface area contributed by atoms with E-state index in [2.05, 4.69) is 58.7 Å². The number of likely N-dealkylation sites (tertiary alicyclic amines) is 1. The first-order chi connectivity index (χ1) is 12.7. The minimum atomic E-state index is 0. The zero-order valence-electron chi connectivity index (χ0n) is 16.8. The second-order valence-corrected chi connectivity index (χ2v) is 8.90. The second kappa shape index (κ2) is 10.9. The van der Waals surface area contributed by atoms with Gasteiger partial charge in [-0.05, 0) is 42.9 Å². The van der Waals surface area contributed by atoms with E-state index in [1.165, 1.54) is 12.0 Å². The van der Waals surface area contributed by atoms with Crippen molar-refractivity contribution in [3.8, 4) is 0 Å². The van der Waals surface area contributed by atoms with Crippen molar-refractivity contribution in [2.24, 2.45) is 10.9 Å². The molecule has 2 fully saturated rings. The molecular formula is C21H34IN3OS. The van der Waals surface area contributed by atoms with E-state index in [1.807, 2.05) is 18.8 Å². The Kier molecular flexibility index (Phi) is 9.22. The number of thioether (sulfide) groups is 1. The molecule has 0 saturated carbocycles. The third-order valence-electron chi connectivity index (χ3n) is 6.05. The number of nitrogens with one attached hydrogen (secondary N) is 1. The molecule has 2 saturated heterocycles. The van der Waals surface area contributed by atoms with Crippen molar-refractivity contribution in [3.63, 3.8) is 0 Å². The zero-order chi connectivity index (χ0) is 18.4. The van der Waals surface area contributed by atoms with E-state index in [4.69, 9.17) is 4.74 Å². The molecule has 4 nitrogen and oxygen atoms in total. The highest BCUT2D eigenvalue weighted by Gasteiger charge is 2.33. The van der Waals surface area contributed by atoms with Crippen molar-refractivity contribution in [2.75, 3.05) is 46.2 Å². The summed E-state index contributed by atoms with van der Waals surface area (Å²) in [5, 5.41) is 3.68. The number of guanidine groups is 1. The molecule has 2 atom stereocenters. The number of nitrogens with zero attached hydrogens (tertiary/aromatic N) is 2. The minimum absolute atomic E-state index is 0. The quantitative estimate of drug-likeness (QED) is 0.380. The average Bonchev–Trinajstić information content (AvgIpc) is 2.70. The van der Waals surface area contributed by atoms with Gasteiger partial charge in [0.05, 0.1) is 0 Å². The molecule has 0 radical (unpaired) electrons. The van der Waals surface area contributed by atoms with E-state index >= 15 is 0 Å². The van der Waals surface area contributed by atoms with Crippen LogP contribution in [0.5, 0.6) is 0 Å². The number of benzene rings is 1. The van der Waals surface area contributed by atoms with Crippen LogP contribution in [0.1, 0.15) is 37.7 Å². The fourth-order valence-electron chi connectivity index (χ4n) is 4.30. The average molecular weight is 503 g/mol. The molecule has 3 rings (SSSR count). The molecule has 1 aromatic rings. The molecule has 6 heteroatoms. The smallest absolute Gasteiger partial charge is 0.193 e. The number of ether oxygens (including phenoxy) is 1. The van der Waals surface area contributed by atoms with Crippen LogP contribution in [0.3, 0.4) is 0 Å². The number of rotatable bonds is 4. The third-order valence-corrected chi connectivity index (χ3v) is 7.47. The Morgan fingerprint density at radius 3 is 2.59 bits per heavy atom. The summed E-state index contributed by atoms with van der Waals surface area (Å²) >= 11 is 1.97. The highest BCUT2D eigenvalue weighted by molar-refractivity contribution is 14.0. The van der Waals surface area contributed by atoms with E-state index in [-0.39, 0.29) is 28.7 Å². The molecule has 0 aromatic heterocycles. The maximum atomic E-state index is 5.56. The Labute approximate surface area is 185 Å². The fourth-order valence-corrected chi connectivity index (χ4v) is 5.09. The van der Waals surface area contributed by atoms with Gasteiger partial charge in [0, 0.05) is 44.6 Å². The number of piperidine rings is 1. The van der Waals surface area contributed by atoms with Gasteiger partial charge in [0.2, 0.25) is 0 Å². The van der Waals surface area contributed by atoms with Crippen molar-refractivity contribution in [1.82, 2.24) is 10.2 Å². The maximum absolute atomic E-state index is 5.56. The topological polar surface area (TPSA) is 36.9 Å². The van der Waals surface area contributed by atoms with Crippen molar-refractivity contribution >= 4 is 41.7 Å². The first-order valence-electron chi connectivity index (χ1n) is 9.81. The highest BCUT2D eigenvalue weighted by Crippen LogP contribution is 2.34. The van der Waals surface area contributed by atoms with E-state index < -0.39 is 0 Å². The van der Waals surface area contributed by atoms with Gasteiger partial charge < -0.3 is 15.0 Å². The Hall–Kier alpha value is -0.470. The van der Waals surface area contributed by atoms with Crippen molar-refractivity contribution in [3.05, 3.63) is 35.9 Å². The Morgan fingerprint density at radius 1 is 1.30 bits per heavy atom. The van der Waals surface area contributed by atoms with Crippen LogP contribution in [0.2, 0.25) is 0 Å². The summed E-state index contributed by atoms with van der Waals surface area (Å²) < 4.78 is 5.84. The lowest BCUT2D eigenvalue weighted by Crippen LogP contribution is -2.52. The summed E-state index contributed by atoms with van der Waals surface area (Å²) in [5.41, 5.74) is 1.48. The summed E-state index contributed by atoms with van der Waals surface area (Å²) in [5.74, 6) is 2.34. The SMILES string of the molecule is CN=C(NCC1(SC)CCOCC1)N1CCC(c2ccccc2)C(C)C1.I. The van der Waals surface area contributed by atoms with Crippen molar-refractivity contribution in [1.29, 1.82) is 0 Å². The fraction of sp³-hybridized carbons (Fsp3) is 0.667. The number of aliphatic imine (C=N–C) groups is 1. The van der Waals surface area contributed by atoms with Crippen LogP contribution in [-0.2, 0) is 4.74 Å². The Balaban J connectivity index is 0.00000261. The van der Waals surface area contributed by atoms with Gasteiger partial charge >= 0.3 is 0 Å². The lowest BCUT2D eigenvalue weighted by Gasteiger charge is -2.41. The third kappa shape index (κ3) is 5.76.